The van der Waals surface area contributed by atoms with Crippen LogP contribution in [0.2, 0.25) is 0 Å². The van der Waals surface area contributed by atoms with Gasteiger partial charge in [0.05, 0.1) is 6.04 Å². The van der Waals surface area contributed by atoms with Gasteiger partial charge in [0.1, 0.15) is 5.60 Å². The van der Waals surface area contributed by atoms with Crippen LogP contribution in [0, 0.1) is 0 Å². The first-order chi connectivity index (χ1) is 6.74. The minimum atomic E-state index is -0.361. The van der Waals surface area contributed by atoms with E-state index in [0.717, 1.165) is 0 Å². The summed E-state index contributed by atoms with van der Waals surface area (Å²) in [5.74, 6) is -0.0604. The smallest absolute Gasteiger partial charge is 0.282 e. The summed E-state index contributed by atoms with van der Waals surface area (Å²) in [6, 6.07) is -0.0498. The largest absolute Gasteiger partial charge is 0.460 e. The summed E-state index contributed by atoms with van der Waals surface area (Å²) >= 11 is 0. The van der Waals surface area contributed by atoms with Crippen molar-refractivity contribution >= 4 is 11.9 Å². The molecule has 0 aliphatic carbocycles. The SMILES string of the molecule is CNC(=O)C[C@H](C)N=C(N)OC(C)(C)C. The van der Waals surface area contributed by atoms with E-state index in [1.54, 1.807) is 7.05 Å². The number of nitrogens with zero attached hydrogens (tertiary/aromatic N) is 1. The Kier molecular flexibility index (Phi) is 5.11. The predicted molar refractivity (Wildman–Crippen MR) is 60.6 cm³/mol. The Morgan fingerprint density at radius 3 is 2.47 bits per heavy atom. The molecule has 0 saturated heterocycles. The number of ether oxygens (including phenoxy) is 1. The molecule has 3 N–H and O–H groups in total. The minimum Gasteiger partial charge on any atom is -0.460 e. The average molecular weight is 215 g/mol. The highest BCUT2D eigenvalue weighted by Crippen LogP contribution is 2.07. The van der Waals surface area contributed by atoms with Crippen molar-refractivity contribution in [2.75, 3.05) is 7.05 Å². The van der Waals surface area contributed by atoms with Crippen molar-refractivity contribution in [3.8, 4) is 0 Å². The molecule has 0 unspecified atom stereocenters. The van der Waals surface area contributed by atoms with Crippen LogP contribution in [-0.2, 0) is 9.53 Å². The van der Waals surface area contributed by atoms with Gasteiger partial charge in [-0.05, 0) is 27.7 Å². The van der Waals surface area contributed by atoms with E-state index in [0.29, 0.717) is 6.42 Å². The molecule has 0 spiro atoms. The molecule has 1 atom stereocenters. The molecular weight excluding hydrogens is 194 g/mol. The van der Waals surface area contributed by atoms with Crippen LogP contribution in [0.1, 0.15) is 34.1 Å². The highest BCUT2D eigenvalue weighted by atomic mass is 16.5. The fourth-order valence-electron chi connectivity index (χ4n) is 0.973. The molecule has 0 bridgehead atoms. The lowest BCUT2D eigenvalue weighted by Crippen LogP contribution is -2.31. The van der Waals surface area contributed by atoms with Crippen molar-refractivity contribution in [2.45, 2.75) is 45.8 Å². The van der Waals surface area contributed by atoms with Crippen molar-refractivity contribution in [1.29, 1.82) is 0 Å². The van der Waals surface area contributed by atoms with Crippen LogP contribution in [0.25, 0.3) is 0 Å². The van der Waals surface area contributed by atoms with E-state index in [2.05, 4.69) is 10.3 Å². The van der Waals surface area contributed by atoms with Gasteiger partial charge in [0.15, 0.2) is 0 Å². The Labute approximate surface area is 91.1 Å². The Hall–Kier alpha value is -1.26. The predicted octanol–water partition coefficient (Wildman–Crippen LogP) is 0.641. The van der Waals surface area contributed by atoms with Gasteiger partial charge in [0.2, 0.25) is 5.91 Å². The number of hydrogen-bond donors (Lipinski definition) is 2. The molecule has 0 heterocycles. The maximum atomic E-state index is 11.0. The van der Waals surface area contributed by atoms with Crippen molar-refractivity contribution < 1.29 is 9.53 Å². The molecule has 0 aromatic heterocycles. The highest BCUT2D eigenvalue weighted by Gasteiger charge is 2.14. The van der Waals surface area contributed by atoms with Gasteiger partial charge in [-0.25, -0.2) is 4.99 Å². The number of hydrogen-bond acceptors (Lipinski definition) is 3. The van der Waals surface area contributed by atoms with E-state index < -0.39 is 0 Å². The lowest BCUT2D eigenvalue weighted by molar-refractivity contribution is -0.120. The second-order valence-electron chi connectivity index (χ2n) is 4.41. The van der Waals surface area contributed by atoms with Crippen LogP contribution in [0.15, 0.2) is 4.99 Å². The third-order valence-electron chi connectivity index (χ3n) is 1.52. The van der Waals surface area contributed by atoms with Crippen LogP contribution in [0.4, 0.5) is 0 Å². The zero-order valence-electron chi connectivity index (χ0n) is 10.1. The first-order valence-electron chi connectivity index (χ1n) is 4.97. The zero-order chi connectivity index (χ0) is 12.1. The monoisotopic (exact) mass is 215 g/mol. The number of nitrogens with one attached hydrogen (secondary N) is 1. The highest BCUT2D eigenvalue weighted by molar-refractivity contribution is 5.77. The van der Waals surface area contributed by atoms with Crippen molar-refractivity contribution in [2.24, 2.45) is 10.7 Å². The van der Waals surface area contributed by atoms with Crippen LogP contribution >= 0.6 is 0 Å². The topological polar surface area (TPSA) is 76.7 Å². The number of amidine groups is 1. The zero-order valence-corrected chi connectivity index (χ0v) is 10.1. The van der Waals surface area contributed by atoms with E-state index in [1.165, 1.54) is 0 Å². The third kappa shape index (κ3) is 7.78. The number of amides is 1. The fraction of sp³-hybridized carbons (Fsp3) is 0.800. The van der Waals surface area contributed by atoms with Gasteiger partial charge >= 0.3 is 0 Å². The Balaban J connectivity index is 4.17. The Bertz CT molecular complexity index is 244. The van der Waals surface area contributed by atoms with Crippen molar-refractivity contribution in [3.05, 3.63) is 0 Å². The van der Waals surface area contributed by atoms with Gasteiger partial charge in [0, 0.05) is 13.5 Å². The average Bonchev–Trinajstić information content (AvgIpc) is 1.99. The van der Waals surface area contributed by atoms with Crippen LogP contribution < -0.4 is 11.1 Å². The van der Waals surface area contributed by atoms with Crippen molar-refractivity contribution in [3.63, 3.8) is 0 Å². The fourth-order valence-corrected chi connectivity index (χ4v) is 0.973. The van der Waals surface area contributed by atoms with Crippen molar-refractivity contribution in [1.82, 2.24) is 5.32 Å². The quantitative estimate of drug-likeness (QED) is 0.536. The lowest BCUT2D eigenvalue weighted by Gasteiger charge is -2.20. The van der Waals surface area contributed by atoms with Gasteiger partial charge in [0.25, 0.3) is 6.02 Å². The number of carbonyl (C=O) groups excluding carboxylic acids is 1. The lowest BCUT2D eigenvalue weighted by atomic mass is 10.2. The van der Waals surface area contributed by atoms with Crippen LogP contribution in [0.3, 0.4) is 0 Å². The summed E-state index contributed by atoms with van der Waals surface area (Å²) in [4.78, 5) is 15.1. The summed E-state index contributed by atoms with van der Waals surface area (Å²) in [6.07, 6.45) is 0.310. The molecule has 0 aromatic carbocycles. The molecule has 5 nitrogen and oxygen atoms in total. The third-order valence-corrected chi connectivity index (χ3v) is 1.52. The standard InChI is InChI=1S/C10H21N3O2/c1-7(6-8(14)12-5)13-9(11)15-10(2,3)4/h7H,6H2,1-5H3,(H2,11,13)(H,12,14)/t7-/m0/s1. The normalized spacial score (nSPS) is 14.6. The summed E-state index contributed by atoms with van der Waals surface area (Å²) in [7, 11) is 1.59. The van der Waals surface area contributed by atoms with E-state index in [9.17, 15) is 4.79 Å². The molecule has 0 radical (unpaired) electrons. The summed E-state index contributed by atoms with van der Waals surface area (Å²) in [5, 5.41) is 2.53. The van der Waals surface area contributed by atoms with E-state index in [4.69, 9.17) is 10.5 Å². The Morgan fingerprint density at radius 2 is 2.07 bits per heavy atom. The van der Waals surface area contributed by atoms with Gasteiger partial charge in [-0.1, -0.05) is 0 Å². The maximum Gasteiger partial charge on any atom is 0.282 e. The summed E-state index contributed by atoms with van der Waals surface area (Å²) in [6.45, 7) is 7.48. The number of aliphatic imine (C=N–C) groups is 1. The van der Waals surface area contributed by atoms with E-state index in [-0.39, 0.29) is 23.6 Å². The van der Waals surface area contributed by atoms with Crippen LogP contribution in [0.5, 0.6) is 0 Å². The van der Waals surface area contributed by atoms with Gasteiger partial charge in [-0.3, -0.25) is 4.79 Å². The second-order valence-corrected chi connectivity index (χ2v) is 4.41. The molecule has 5 heteroatoms. The molecule has 15 heavy (non-hydrogen) atoms. The first-order valence-corrected chi connectivity index (χ1v) is 4.97. The molecule has 0 aliphatic rings. The molecule has 0 aliphatic heterocycles. The summed E-state index contributed by atoms with van der Waals surface area (Å²) in [5.41, 5.74) is 5.21. The van der Waals surface area contributed by atoms with Gasteiger partial charge in [-0.2, -0.15) is 0 Å². The Morgan fingerprint density at radius 1 is 1.53 bits per heavy atom. The molecule has 0 aromatic rings. The van der Waals surface area contributed by atoms with Gasteiger partial charge < -0.3 is 15.8 Å². The first kappa shape index (κ1) is 13.7. The van der Waals surface area contributed by atoms with Gasteiger partial charge in [-0.15, -0.1) is 0 Å². The molecule has 1 amide bonds. The summed E-state index contributed by atoms with van der Waals surface area (Å²) < 4.78 is 5.32. The molecule has 0 rings (SSSR count). The molecule has 0 fully saturated rings. The number of carbonyl (C=O) groups is 1. The van der Waals surface area contributed by atoms with E-state index in [1.807, 2.05) is 27.7 Å². The van der Waals surface area contributed by atoms with Crippen LogP contribution in [-0.4, -0.2) is 30.6 Å². The number of nitrogens with two attached hydrogens (primary N) is 1. The maximum absolute atomic E-state index is 11.0. The second kappa shape index (κ2) is 5.58. The molecule has 0 saturated carbocycles. The molecule has 88 valence electrons. The molecular formula is C10H21N3O2. The number of rotatable bonds is 3. The minimum absolute atomic E-state index is 0.0604. The van der Waals surface area contributed by atoms with E-state index >= 15 is 0 Å².